The highest BCUT2D eigenvalue weighted by Gasteiger charge is 2.22. The molecule has 0 aliphatic carbocycles. The third-order valence-corrected chi connectivity index (χ3v) is 5.14. The smallest absolute Gasteiger partial charge is 0.329 e. The van der Waals surface area contributed by atoms with Crippen molar-refractivity contribution in [3.63, 3.8) is 0 Å². The van der Waals surface area contributed by atoms with E-state index in [9.17, 15) is 14.9 Å². The topological polar surface area (TPSA) is 129 Å². The predicted molar refractivity (Wildman–Crippen MR) is 120 cm³/mol. The Balaban J connectivity index is 1.92. The van der Waals surface area contributed by atoms with Gasteiger partial charge in [-0.3, -0.25) is 19.5 Å². The van der Waals surface area contributed by atoms with Gasteiger partial charge in [0, 0.05) is 11.4 Å². The van der Waals surface area contributed by atoms with Gasteiger partial charge in [0.2, 0.25) is 11.8 Å². The number of halogens is 1. The van der Waals surface area contributed by atoms with Gasteiger partial charge in [0.1, 0.15) is 6.20 Å². The van der Waals surface area contributed by atoms with Gasteiger partial charge in [0.05, 0.1) is 21.4 Å². The number of nitrogens with zero attached hydrogens (tertiary/aromatic N) is 4. The summed E-state index contributed by atoms with van der Waals surface area (Å²) in [5, 5.41) is 15.8. The Labute approximate surface area is 181 Å². The van der Waals surface area contributed by atoms with Crippen LogP contribution in [0.1, 0.15) is 18.7 Å². The molecule has 10 heteroatoms. The van der Waals surface area contributed by atoms with Gasteiger partial charge in [-0.1, -0.05) is 41.9 Å². The Hall–Kier alpha value is -3.98. The molecule has 2 aromatic heterocycles. The van der Waals surface area contributed by atoms with Crippen LogP contribution in [-0.2, 0) is 0 Å². The number of nitrogen functional groups attached to an aromatic ring is 1. The highest BCUT2D eigenvalue weighted by atomic mass is 35.5. The SMILES string of the molecule is C[C@H](Nc1nc(N)ncc1[N+](=O)[O-])c1cc2cccc(Cl)c2c(=O)n1-c1ccccc1. The standard InChI is InChI=1S/C21H17ClN6O3/c1-12(25-19-17(28(30)31)11-24-21(23)26-19)16-10-13-6-5-9-15(22)18(13)20(29)27(16)14-7-3-2-4-8-14/h2-12H,1H3,(H3,23,24,25,26)/t12-/m0/s1. The zero-order chi connectivity index (χ0) is 22.1. The summed E-state index contributed by atoms with van der Waals surface area (Å²) in [4.78, 5) is 31.9. The molecule has 1 atom stereocenters. The van der Waals surface area contributed by atoms with E-state index in [2.05, 4.69) is 15.3 Å². The van der Waals surface area contributed by atoms with Crippen molar-refractivity contribution in [3.05, 3.63) is 92.0 Å². The van der Waals surface area contributed by atoms with E-state index in [1.165, 1.54) is 4.57 Å². The fraction of sp³-hybridized carbons (Fsp3) is 0.0952. The molecular weight excluding hydrogens is 420 g/mol. The minimum absolute atomic E-state index is 0.0387. The first-order chi connectivity index (χ1) is 14.9. The number of hydrogen-bond acceptors (Lipinski definition) is 7. The molecule has 156 valence electrons. The van der Waals surface area contributed by atoms with E-state index in [4.69, 9.17) is 17.3 Å². The van der Waals surface area contributed by atoms with Crippen molar-refractivity contribution >= 4 is 39.8 Å². The first-order valence-electron chi connectivity index (χ1n) is 9.30. The highest BCUT2D eigenvalue weighted by molar-refractivity contribution is 6.35. The quantitative estimate of drug-likeness (QED) is 0.356. The van der Waals surface area contributed by atoms with Gasteiger partial charge in [0.15, 0.2) is 0 Å². The minimum Gasteiger partial charge on any atom is -0.368 e. The van der Waals surface area contributed by atoms with Gasteiger partial charge in [-0.15, -0.1) is 0 Å². The molecule has 3 N–H and O–H groups in total. The lowest BCUT2D eigenvalue weighted by Gasteiger charge is -2.21. The third kappa shape index (κ3) is 3.78. The molecule has 0 unspecified atom stereocenters. The Bertz CT molecular complexity index is 1360. The molecule has 0 aliphatic heterocycles. The van der Waals surface area contributed by atoms with E-state index < -0.39 is 11.0 Å². The maximum absolute atomic E-state index is 13.5. The van der Waals surface area contributed by atoms with Crippen LogP contribution in [0.5, 0.6) is 0 Å². The van der Waals surface area contributed by atoms with Crippen molar-refractivity contribution in [2.75, 3.05) is 11.1 Å². The summed E-state index contributed by atoms with van der Waals surface area (Å²) in [7, 11) is 0. The van der Waals surface area contributed by atoms with E-state index in [1.807, 2.05) is 24.3 Å². The molecule has 2 aromatic carbocycles. The maximum atomic E-state index is 13.5. The van der Waals surface area contributed by atoms with E-state index in [-0.39, 0.29) is 23.0 Å². The molecular formula is C21H17ClN6O3. The number of nitro groups is 1. The second-order valence-electron chi connectivity index (χ2n) is 6.83. The monoisotopic (exact) mass is 436 g/mol. The van der Waals surface area contributed by atoms with Gasteiger partial charge in [0.25, 0.3) is 5.56 Å². The van der Waals surface area contributed by atoms with Crippen LogP contribution in [0.3, 0.4) is 0 Å². The molecule has 4 rings (SSSR count). The average Bonchev–Trinajstić information content (AvgIpc) is 2.74. The van der Waals surface area contributed by atoms with Crippen LogP contribution >= 0.6 is 11.6 Å². The number of nitrogens with two attached hydrogens (primary N) is 1. The fourth-order valence-corrected chi connectivity index (χ4v) is 3.67. The van der Waals surface area contributed by atoms with Crippen LogP contribution in [0.15, 0.2) is 65.6 Å². The largest absolute Gasteiger partial charge is 0.368 e. The van der Waals surface area contributed by atoms with Gasteiger partial charge >= 0.3 is 5.69 Å². The van der Waals surface area contributed by atoms with Crippen molar-refractivity contribution in [2.45, 2.75) is 13.0 Å². The molecule has 0 bridgehead atoms. The number of aromatic nitrogens is 3. The summed E-state index contributed by atoms with van der Waals surface area (Å²) in [6, 6.07) is 15.6. The highest BCUT2D eigenvalue weighted by Crippen LogP contribution is 2.29. The van der Waals surface area contributed by atoms with Crippen LogP contribution in [0, 0.1) is 10.1 Å². The fourth-order valence-electron chi connectivity index (χ4n) is 3.41. The summed E-state index contributed by atoms with van der Waals surface area (Å²) < 4.78 is 1.53. The van der Waals surface area contributed by atoms with E-state index >= 15 is 0 Å². The second kappa shape index (κ2) is 8.04. The van der Waals surface area contributed by atoms with Crippen molar-refractivity contribution in [2.24, 2.45) is 0 Å². The van der Waals surface area contributed by atoms with Crippen molar-refractivity contribution in [1.82, 2.24) is 14.5 Å². The van der Waals surface area contributed by atoms with Crippen molar-refractivity contribution in [3.8, 4) is 5.69 Å². The maximum Gasteiger partial charge on any atom is 0.329 e. The molecule has 2 heterocycles. The average molecular weight is 437 g/mol. The number of anilines is 2. The minimum atomic E-state index is -0.598. The molecule has 31 heavy (non-hydrogen) atoms. The number of hydrogen-bond donors (Lipinski definition) is 2. The lowest BCUT2D eigenvalue weighted by atomic mass is 10.1. The Morgan fingerprint density at radius 3 is 2.65 bits per heavy atom. The molecule has 0 spiro atoms. The summed E-state index contributed by atoms with van der Waals surface area (Å²) in [5.41, 5.74) is 6.21. The van der Waals surface area contributed by atoms with Crippen LogP contribution in [0.25, 0.3) is 16.5 Å². The number of fused-ring (bicyclic) bond motifs is 1. The summed E-state index contributed by atoms with van der Waals surface area (Å²) in [6.07, 6.45) is 1.04. The van der Waals surface area contributed by atoms with Crippen LogP contribution < -0.4 is 16.6 Å². The first kappa shape index (κ1) is 20.3. The summed E-state index contributed by atoms with van der Waals surface area (Å²) in [5.74, 6) is -0.144. The Kier molecular flexibility index (Phi) is 5.26. The molecule has 0 radical (unpaired) electrons. The molecule has 4 aromatic rings. The van der Waals surface area contributed by atoms with Crippen molar-refractivity contribution in [1.29, 1.82) is 0 Å². The zero-order valence-electron chi connectivity index (χ0n) is 16.3. The Morgan fingerprint density at radius 1 is 1.19 bits per heavy atom. The van der Waals surface area contributed by atoms with Gasteiger partial charge in [-0.2, -0.15) is 4.98 Å². The third-order valence-electron chi connectivity index (χ3n) is 4.82. The number of benzene rings is 2. The Morgan fingerprint density at radius 2 is 1.94 bits per heavy atom. The lowest BCUT2D eigenvalue weighted by Crippen LogP contribution is -2.26. The number of pyridine rings is 1. The second-order valence-corrected chi connectivity index (χ2v) is 7.24. The number of para-hydroxylation sites is 1. The molecule has 0 amide bonds. The van der Waals surface area contributed by atoms with Crippen molar-refractivity contribution < 1.29 is 4.92 Å². The molecule has 9 nitrogen and oxygen atoms in total. The van der Waals surface area contributed by atoms with Gasteiger partial charge in [-0.25, -0.2) is 4.98 Å². The van der Waals surface area contributed by atoms with Gasteiger partial charge < -0.3 is 11.1 Å². The zero-order valence-corrected chi connectivity index (χ0v) is 17.1. The number of nitrogens with one attached hydrogen (secondary N) is 1. The van der Waals surface area contributed by atoms with Crippen LogP contribution in [0.2, 0.25) is 5.02 Å². The van der Waals surface area contributed by atoms with E-state index in [0.29, 0.717) is 27.2 Å². The molecule has 0 saturated heterocycles. The first-order valence-corrected chi connectivity index (χ1v) is 9.67. The van der Waals surface area contributed by atoms with Crippen LogP contribution in [-0.4, -0.2) is 19.5 Å². The number of rotatable bonds is 5. The van der Waals surface area contributed by atoms with Crippen LogP contribution in [0.4, 0.5) is 17.5 Å². The summed E-state index contributed by atoms with van der Waals surface area (Å²) in [6.45, 7) is 1.77. The molecule has 0 fully saturated rings. The predicted octanol–water partition coefficient (Wildman–Crippen LogP) is 4.10. The van der Waals surface area contributed by atoms with E-state index in [0.717, 1.165) is 6.20 Å². The molecule has 0 aliphatic rings. The normalized spacial score (nSPS) is 11.9. The van der Waals surface area contributed by atoms with Gasteiger partial charge in [-0.05, 0) is 36.6 Å². The molecule has 0 saturated carbocycles. The lowest BCUT2D eigenvalue weighted by molar-refractivity contribution is -0.384. The summed E-state index contributed by atoms with van der Waals surface area (Å²) >= 11 is 6.32. The van der Waals surface area contributed by atoms with E-state index in [1.54, 1.807) is 37.3 Å².